The average Bonchev–Trinajstić information content (AvgIpc) is 3.02. The minimum Gasteiger partial charge on any atom is -0.457 e. The third-order valence-corrected chi connectivity index (χ3v) is 13.1. The molecule has 0 aromatic rings. The van der Waals surface area contributed by atoms with Gasteiger partial charge >= 0.3 is 5.97 Å². The number of esters is 1. The van der Waals surface area contributed by atoms with E-state index in [-0.39, 0.29) is 45.1 Å². The molecule has 5 saturated carbocycles. The Morgan fingerprint density at radius 3 is 2.48 bits per heavy atom. The number of hydrogen-bond donors (Lipinski definition) is 1. The Bertz CT molecular complexity index is 994. The summed E-state index contributed by atoms with van der Waals surface area (Å²) in [6.07, 6.45) is 11.7. The Hall–Kier alpha value is -1.09. The van der Waals surface area contributed by atoms with Gasteiger partial charge in [-0.1, -0.05) is 52.0 Å². The van der Waals surface area contributed by atoms with Crippen LogP contribution in [-0.4, -0.2) is 22.8 Å². The third kappa shape index (κ3) is 1.39. The number of rotatable bonds is 1. The lowest BCUT2D eigenvalue weighted by molar-refractivity contribution is -0.194. The van der Waals surface area contributed by atoms with Crippen molar-refractivity contribution in [1.29, 1.82) is 0 Å². The van der Waals surface area contributed by atoms with E-state index in [1.165, 1.54) is 6.42 Å². The molecule has 10 atom stereocenters. The molecule has 0 bridgehead atoms. The highest BCUT2D eigenvalue weighted by atomic mass is 16.6. The first-order valence-electron chi connectivity index (χ1n) is 12.7. The molecule has 6 fully saturated rings. The Labute approximate surface area is 186 Å². The summed E-state index contributed by atoms with van der Waals surface area (Å²) in [4.78, 5) is 14.1. The molecule has 1 aliphatic heterocycles. The normalized spacial score (nSPS) is 63.6. The molecular weight excluding hydrogens is 384 g/mol. The van der Waals surface area contributed by atoms with Crippen LogP contribution in [0.4, 0.5) is 0 Å². The number of ether oxygens (including phenoxy) is 1. The summed E-state index contributed by atoms with van der Waals surface area (Å²) in [6.45, 7) is 16.1. The topological polar surface area (TPSA) is 46.5 Å². The van der Waals surface area contributed by atoms with Crippen molar-refractivity contribution < 1.29 is 14.6 Å². The molecule has 31 heavy (non-hydrogen) atoms. The highest BCUT2D eigenvalue weighted by Crippen LogP contribution is 3.02. The number of carbonyl (C=O) groups excluding carboxylic acids is 1. The van der Waals surface area contributed by atoms with E-state index >= 15 is 0 Å². The van der Waals surface area contributed by atoms with E-state index < -0.39 is 11.0 Å². The first-order valence-corrected chi connectivity index (χ1v) is 12.7. The fraction of sp³-hybridized carbons (Fsp3) is 0.821. The Kier molecular flexibility index (Phi) is 2.97. The maximum absolute atomic E-state index is 14.1. The summed E-state index contributed by atoms with van der Waals surface area (Å²) in [6, 6.07) is 0. The highest BCUT2D eigenvalue weighted by molar-refractivity contribution is 5.89. The van der Waals surface area contributed by atoms with Crippen molar-refractivity contribution in [3.63, 3.8) is 0 Å². The minimum atomic E-state index is -0.475. The Morgan fingerprint density at radius 1 is 1.06 bits per heavy atom. The fourth-order valence-electron chi connectivity index (χ4n) is 12.5. The number of fused-ring (bicyclic) bond motifs is 3. The molecule has 1 heterocycles. The minimum absolute atomic E-state index is 0.0605. The van der Waals surface area contributed by atoms with E-state index in [0.717, 1.165) is 44.1 Å². The van der Waals surface area contributed by atoms with Gasteiger partial charge in [0.05, 0.1) is 11.5 Å². The van der Waals surface area contributed by atoms with Crippen LogP contribution >= 0.6 is 0 Å². The number of allylic oxidation sites excluding steroid dienone is 2. The van der Waals surface area contributed by atoms with Crippen LogP contribution in [-0.2, 0) is 9.53 Å². The van der Waals surface area contributed by atoms with Crippen LogP contribution < -0.4 is 0 Å². The zero-order valence-electron chi connectivity index (χ0n) is 19.9. The van der Waals surface area contributed by atoms with Crippen LogP contribution in [0.5, 0.6) is 0 Å². The highest BCUT2D eigenvalue weighted by Gasteiger charge is 3.08. The van der Waals surface area contributed by atoms with Crippen molar-refractivity contribution in [2.24, 2.45) is 50.2 Å². The molecule has 0 radical (unpaired) electrons. The first kappa shape index (κ1) is 19.4. The quantitative estimate of drug-likeness (QED) is 0.452. The zero-order chi connectivity index (χ0) is 22.0. The maximum atomic E-state index is 14.1. The predicted molar refractivity (Wildman–Crippen MR) is 119 cm³/mol. The average molecular weight is 423 g/mol. The van der Waals surface area contributed by atoms with Crippen molar-refractivity contribution in [2.45, 2.75) is 91.3 Å². The summed E-state index contributed by atoms with van der Waals surface area (Å²) in [5.74, 6) is 1.35. The van der Waals surface area contributed by atoms with Gasteiger partial charge < -0.3 is 9.84 Å². The second-order valence-electron chi connectivity index (χ2n) is 13.7. The van der Waals surface area contributed by atoms with Crippen LogP contribution in [0.25, 0.3) is 0 Å². The largest absolute Gasteiger partial charge is 0.457 e. The van der Waals surface area contributed by atoms with E-state index in [1.807, 2.05) is 0 Å². The van der Waals surface area contributed by atoms with E-state index in [4.69, 9.17) is 4.74 Å². The van der Waals surface area contributed by atoms with Crippen LogP contribution in [0.3, 0.4) is 0 Å². The summed E-state index contributed by atoms with van der Waals surface area (Å²) in [5.41, 5.74) is 0.125. The Balaban J connectivity index is 1.43. The predicted octanol–water partition coefficient (Wildman–Crippen LogP) is 5.43. The van der Waals surface area contributed by atoms with E-state index in [0.29, 0.717) is 11.8 Å². The van der Waals surface area contributed by atoms with Crippen molar-refractivity contribution in [1.82, 2.24) is 0 Å². The maximum Gasteiger partial charge on any atom is 0.314 e. The van der Waals surface area contributed by atoms with Gasteiger partial charge in [-0.2, -0.15) is 0 Å². The van der Waals surface area contributed by atoms with Crippen LogP contribution in [0, 0.1) is 50.2 Å². The third-order valence-electron chi connectivity index (χ3n) is 13.1. The molecule has 7 aliphatic rings. The monoisotopic (exact) mass is 422 g/mol. The molecule has 3 nitrogen and oxygen atoms in total. The first-order chi connectivity index (χ1) is 14.4. The van der Waals surface area contributed by atoms with Gasteiger partial charge in [-0.05, 0) is 80.0 Å². The fourth-order valence-corrected chi connectivity index (χ4v) is 12.5. The van der Waals surface area contributed by atoms with Gasteiger partial charge in [0.25, 0.3) is 0 Å². The van der Waals surface area contributed by atoms with E-state index in [1.54, 1.807) is 0 Å². The lowest BCUT2D eigenvalue weighted by Gasteiger charge is -2.65. The second kappa shape index (κ2) is 4.74. The second-order valence-corrected chi connectivity index (χ2v) is 13.7. The summed E-state index contributed by atoms with van der Waals surface area (Å²) < 4.78 is 6.62. The van der Waals surface area contributed by atoms with Gasteiger partial charge in [-0.3, -0.25) is 4.79 Å². The van der Waals surface area contributed by atoms with Gasteiger partial charge in [0, 0.05) is 16.7 Å². The standard InChI is InChI=1S/C28H38O3/c1-16(2)17-15-20(29)25-13-14-26-21(30)31-28(17,25)27(25,26)10-8-19-23(5)12-11-22(3,4)18(23)7-9-24(19,26)6/h11-12,17-20,29H,1,7-10,13-15H2,2-6H3/t17-,18+,19-,20+,23-,24+,25-,26+,27+,28+/m0/s1. The molecule has 1 saturated heterocycles. The SMILES string of the molecule is C=C(C)[C@@H]1C[C@@H](O)[C@]23CC[C@]45C(=O)O[C@]12[C@@]43CC[C@H]1[C@@]2(C)C=CC(C)(C)[C@H]2CC[C@]15C. The van der Waals surface area contributed by atoms with Crippen molar-refractivity contribution in [3.8, 4) is 0 Å². The van der Waals surface area contributed by atoms with Gasteiger partial charge in [0.2, 0.25) is 0 Å². The molecule has 0 aromatic heterocycles. The summed E-state index contributed by atoms with van der Waals surface area (Å²) in [7, 11) is 0. The lowest BCUT2D eigenvalue weighted by Crippen LogP contribution is -2.63. The van der Waals surface area contributed by atoms with Crippen molar-refractivity contribution in [3.05, 3.63) is 24.3 Å². The molecule has 168 valence electrons. The van der Waals surface area contributed by atoms with E-state index in [2.05, 4.69) is 53.3 Å². The van der Waals surface area contributed by atoms with Gasteiger partial charge in [-0.15, -0.1) is 0 Å². The molecule has 7 rings (SSSR count). The zero-order valence-corrected chi connectivity index (χ0v) is 19.9. The van der Waals surface area contributed by atoms with Crippen LogP contribution in [0.15, 0.2) is 24.3 Å². The van der Waals surface area contributed by atoms with Gasteiger partial charge in [0.1, 0.15) is 5.60 Å². The van der Waals surface area contributed by atoms with Gasteiger partial charge in [0.15, 0.2) is 0 Å². The molecule has 0 aromatic carbocycles. The van der Waals surface area contributed by atoms with Gasteiger partial charge in [-0.25, -0.2) is 0 Å². The molecular formula is C28H38O3. The van der Waals surface area contributed by atoms with Crippen LogP contribution in [0.2, 0.25) is 0 Å². The number of carbonyl (C=O) groups is 1. The number of hydrogen-bond acceptors (Lipinski definition) is 3. The summed E-state index contributed by atoms with van der Waals surface area (Å²) >= 11 is 0. The molecule has 3 heteroatoms. The summed E-state index contributed by atoms with van der Waals surface area (Å²) in [5, 5.41) is 11.5. The molecule has 3 spiro atoms. The lowest BCUT2D eigenvalue weighted by atomic mass is 9.37. The number of aliphatic hydroxyl groups is 1. The molecule has 6 aliphatic carbocycles. The molecule has 0 unspecified atom stereocenters. The smallest absolute Gasteiger partial charge is 0.314 e. The van der Waals surface area contributed by atoms with Crippen LogP contribution in [0.1, 0.15) is 79.6 Å². The number of aliphatic hydroxyl groups excluding tert-OH is 1. The van der Waals surface area contributed by atoms with E-state index in [9.17, 15) is 9.90 Å². The Morgan fingerprint density at radius 2 is 1.77 bits per heavy atom. The molecule has 1 N–H and O–H groups in total. The molecule has 0 amide bonds. The van der Waals surface area contributed by atoms with Crippen molar-refractivity contribution >= 4 is 5.97 Å². The van der Waals surface area contributed by atoms with Crippen molar-refractivity contribution in [2.75, 3.05) is 0 Å².